The van der Waals surface area contributed by atoms with E-state index in [-0.39, 0.29) is 23.9 Å². The lowest BCUT2D eigenvalue weighted by Gasteiger charge is -2.30. The summed E-state index contributed by atoms with van der Waals surface area (Å²) in [4.78, 5) is 26.6. The summed E-state index contributed by atoms with van der Waals surface area (Å²) < 4.78 is 49.6. The minimum atomic E-state index is -3.73. The van der Waals surface area contributed by atoms with Crippen LogP contribution >= 0.6 is 0 Å². The molecule has 2 aromatic carbocycles. The summed E-state index contributed by atoms with van der Waals surface area (Å²) in [5.74, 6) is 0.317. The van der Waals surface area contributed by atoms with Crippen LogP contribution in [0.3, 0.4) is 0 Å². The van der Waals surface area contributed by atoms with Gasteiger partial charge in [0.05, 0.1) is 29.4 Å². The van der Waals surface area contributed by atoms with Crippen molar-refractivity contribution >= 4 is 44.1 Å². The van der Waals surface area contributed by atoms with Gasteiger partial charge in [0.15, 0.2) is 0 Å². The maximum absolute atomic E-state index is 15.0. The summed E-state index contributed by atoms with van der Waals surface area (Å²) in [6.45, 7) is 4.61. The second-order valence-corrected chi connectivity index (χ2v) is 12.2. The van der Waals surface area contributed by atoms with Gasteiger partial charge in [0.25, 0.3) is 10.0 Å². The molecule has 2 fully saturated rings. The number of nitrogens with one attached hydrogen (secondary N) is 1. The van der Waals surface area contributed by atoms with Gasteiger partial charge < -0.3 is 15.0 Å². The van der Waals surface area contributed by atoms with Gasteiger partial charge in [-0.05, 0) is 37.3 Å². The third kappa shape index (κ3) is 5.99. The van der Waals surface area contributed by atoms with Gasteiger partial charge in [0.2, 0.25) is 5.91 Å². The Hall–Kier alpha value is -2.99. The first-order valence-corrected chi connectivity index (χ1v) is 14.1. The number of sulfonamides is 1. The number of anilines is 2. The normalized spacial score (nSPS) is 18.9. The molecule has 2 saturated heterocycles. The number of halogens is 1. The molecule has 9 nitrogen and oxygen atoms in total. The smallest absolute Gasteiger partial charge is 0.414 e. The zero-order valence-electron chi connectivity index (χ0n) is 19.4. The lowest BCUT2D eigenvalue weighted by molar-refractivity contribution is -0.119. The fourth-order valence-corrected chi connectivity index (χ4v) is 7.47. The average molecular weight is 523 g/mol. The number of carbonyl (C=O) groups excluding carboxylic acids is 2. The van der Waals surface area contributed by atoms with Gasteiger partial charge in [-0.15, -0.1) is 3.77 Å². The van der Waals surface area contributed by atoms with Crippen LogP contribution in [0.4, 0.5) is 20.6 Å². The molecule has 2 aliphatic rings. The summed E-state index contributed by atoms with van der Waals surface area (Å²) in [7, 11) is -4.40. The Balaban J connectivity index is 1.40. The number of carbonyl (C=O) groups is 2. The standard InChI is InChI=1S/C23H27FN4O5S2/c1-16-3-6-20(7-4-16)35(31,32)26-34-11-9-27(10-12-34)22-8-5-18(13-21(22)24)28-15-19(33-23(28)30)14-25-17(2)29/h3-8,13,19H,9-12,14-15H2,1-2H3,(H,25,29)/t19-/m0/s1. The number of amides is 2. The van der Waals surface area contributed by atoms with Gasteiger partial charge >= 0.3 is 6.09 Å². The molecule has 2 aromatic rings. The molecular weight excluding hydrogens is 495 g/mol. The van der Waals surface area contributed by atoms with E-state index >= 15 is 0 Å². The van der Waals surface area contributed by atoms with Crippen molar-refractivity contribution in [1.82, 2.24) is 5.32 Å². The van der Waals surface area contributed by atoms with Gasteiger partial charge in [-0.25, -0.2) is 9.18 Å². The largest absolute Gasteiger partial charge is 0.442 e. The van der Waals surface area contributed by atoms with Crippen molar-refractivity contribution in [3.8, 4) is 0 Å². The van der Waals surface area contributed by atoms with Crippen LogP contribution < -0.4 is 15.1 Å². The molecule has 1 atom stereocenters. The molecule has 12 heteroatoms. The van der Waals surface area contributed by atoms with Crippen molar-refractivity contribution in [3.63, 3.8) is 0 Å². The highest BCUT2D eigenvalue weighted by Gasteiger charge is 2.33. The molecule has 2 aliphatic heterocycles. The lowest BCUT2D eigenvalue weighted by Crippen LogP contribution is -2.38. The minimum absolute atomic E-state index is 0.180. The van der Waals surface area contributed by atoms with Crippen molar-refractivity contribution in [3.05, 3.63) is 53.8 Å². The molecule has 2 heterocycles. The Morgan fingerprint density at radius 1 is 1.20 bits per heavy atom. The highest BCUT2D eigenvalue weighted by Crippen LogP contribution is 2.29. The van der Waals surface area contributed by atoms with Crippen LogP contribution in [0.25, 0.3) is 0 Å². The van der Waals surface area contributed by atoms with Crippen LogP contribution in [0.15, 0.2) is 51.1 Å². The van der Waals surface area contributed by atoms with Crippen LogP contribution in [0.2, 0.25) is 0 Å². The Morgan fingerprint density at radius 2 is 1.89 bits per heavy atom. The third-order valence-corrected chi connectivity index (χ3v) is 9.56. The molecule has 188 valence electrons. The van der Waals surface area contributed by atoms with Gasteiger partial charge in [-0.1, -0.05) is 28.4 Å². The van der Waals surface area contributed by atoms with E-state index in [1.807, 2.05) is 11.8 Å². The molecule has 0 saturated carbocycles. The van der Waals surface area contributed by atoms with E-state index in [0.29, 0.717) is 36.0 Å². The highest BCUT2D eigenvalue weighted by molar-refractivity contribution is 8.00. The molecule has 2 amide bonds. The van der Waals surface area contributed by atoms with Crippen molar-refractivity contribution in [1.29, 1.82) is 0 Å². The summed E-state index contributed by atoms with van der Waals surface area (Å²) in [5.41, 5.74) is 1.73. The number of hydrogen-bond donors (Lipinski definition) is 1. The van der Waals surface area contributed by atoms with Gasteiger partial charge in [-0.3, -0.25) is 9.69 Å². The Bertz CT molecular complexity index is 1260. The fourth-order valence-electron chi connectivity index (χ4n) is 3.87. The van der Waals surface area contributed by atoms with E-state index in [1.165, 1.54) is 17.9 Å². The summed E-state index contributed by atoms with van der Waals surface area (Å²) in [6, 6.07) is 11.2. The molecule has 0 unspecified atom stereocenters. The zero-order valence-corrected chi connectivity index (χ0v) is 21.1. The molecule has 0 spiro atoms. The Morgan fingerprint density at radius 3 is 2.51 bits per heavy atom. The zero-order chi connectivity index (χ0) is 25.2. The predicted molar refractivity (Wildman–Crippen MR) is 133 cm³/mol. The molecular formula is C23H27FN4O5S2. The first-order valence-electron chi connectivity index (χ1n) is 11.1. The molecule has 4 rings (SSSR count). The maximum Gasteiger partial charge on any atom is 0.414 e. The number of nitrogens with zero attached hydrogens (tertiary/aromatic N) is 3. The summed E-state index contributed by atoms with van der Waals surface area (Å²) in [6.07, 6.45) is -1.10. The van der Waals surface area contributed by atoms with Crippen molar-refractivity contribution in [2.24, 2.45) is 3.77 Å². The summed E-state index contributed by atoms with van der Waals surface area (Å²) >= 11 is 0. The maximum atomic E-state index is 15.0. The number of hydrogen-bond acceptors (Lipinski definition) is 6. The van der Waals surface area contributed by atoms with Crippen LogP contribution in [-0.2, 0) is 30.2 Å². The SMILES string of the molecule is CC(=O)NC[C@H]1CN(c2ccc(N3CCS(=NS(=O)(=O)c4ccc(C)cc4)CC3)c(F)c2)C(=O)O1. The van der Waals surface area contributed by atoms with Crippen LogP contribution in [0.1, 0.15) is 12.5 Å². The van der Waals surface area contributed by atoms with E-state index < -0.39 is 38.7 Å². The van der Waals surface area contributed by atoms with Gasteiger partial charge in [0, 0.05) is 31.5 Å². The van der Waals surface area contributed by atoms with E-state index in [2.05, 4.69) is 9.08 Å². The van der Waals surface area contributed by atoms with Crippen molar-refractivity contribution in [2.45, 2.75) is 24.8 Å². The number of ether oxygens (including phenoxy) is 1. The van der Waals surface area contributed by atoms with Crippen LogP contribution in [0, 0.1) is 12.7 Å². The topological polar surface area (TPSA) is 108 Å². The molecule has 1 N–H and O–H groups in total. The predicted octanol–water partition coefficient (Wildman–Crippen LogP) is 2.61. The van der Waals surface area contributed by atoms with Gasteiger partial charge in [-0.2, -0.15) is 8.42 Å². The first-order chi connectivity index (χ1) is 16.6. The number of benzene rings is 2. The number of cyclic esters (lactones) is 1. The monoisotopic (exact) mass is 522 g/mol. The highest BCUT2D eigenvalue weighted by atomic mass is 32.3. The second kappa shape index (κ2) is 10.3. The van der Waals surface area contributed by atoms with E-state index in [4.69, 9.17) is 4.74 Å². The minimum Gasteiger partial charge on any atom is -0.442 e. The van der Waals surface area contributed by atoms with E-state index in [0.717, 1.165) is 5.56 Å². The summed E-state index contributed by atoms with van der Waals surface area (Å²) in [5, 5.41) is 2.60. The first kappa shape index (κ1) is 25.1. The molecule has 0 aromatic heterocycles. The Kier molecular flexibility index (Phi) is 7.41. The average Bonchev–Trinajstić information content (AvgIpc) is 3.19. The lowest BCUT2D eigenvalue weighted by atomic mass is 10.2. The third-order valence-electron chi connectivity index (χ3n) is 5.75. The fraction of sp³-hybridized carbons (Fsp3) is 0.391. The molecule has 35 heavy (non-hydrogen) atoms. The Labute approximate surface area is 206 Å². The van der Waals surface area contributed by atoms with Crippen LogP contribution in [0.5, 0.6) is 0 Å². The van der Waals surface area contributed by atoms with E-state index in [1.54, 1.807) is 36.4 Å². The van der Waals surface area contributed by atoms with Crippen molar-refractivity contribution < 1.29 is 27.1 Å². The number of aryl methyl sites for hydroxylation is 1. The quantitative estimate of drug-likeness (QED) is 0.625. The van der Waals surface area contributed by atoms with Crippen molar-refractivity contribution in [2.75, 3.05) is 47.5 Å². The number of rotatable bonds is 6. The molecule has 0 aliphatic carbocycles. The van der Waals surface area contributed by atoms with Gasteiger partial charge in [0.1, 0.15) is 11.9 Å². The molecule has 0 bridgehead atoms. The van der Waals surface area contributed by atoms with E-state index in [9.17, 15) is 22.4 Å². The second-order valence-electron chi connectivity index (χ2n) is 8.41. The van der Waals surface area contributed by atoms with Crippen LogP contribution in [-0.4, -0.2) is 64.2 Å². The molecule has 0 radical (unpaired) electrons.